The molecule has 0 aromatic rings. The van der Waals surface area contributed by atoms with Crippen LogP contribution in [-0.2, 0) is 9.59 Å². The molecular formula is C19H26O2. The van der Waals surface area contributed by atoms with Gasteiger partial charge < -0.3 is 0 Å². The van der Waals surface area contributed by atoms with E-state index in [2.05, 4.69) is 19.9 Å². The van der Waals surface area contributed by atoms with E-state index in [0.717, 1.165) is 31.6 Å². The standard InChI is InChI=1S/C19H26O2/c1-18-9-7-13(20)11-12(18)3-4-14-15-5-6-17(21)19(15,2)10-8-16(14)18/h5-6,12,14-16H,3-4,7-11H2,1-2H3/t12-,14+,15-,16+,18+,19-/m0/s1. The highest BCUT2D eigenvalue weighted by Gasteiger charge is 2.58. The molecule has 0 N–H and O–H groups in total. The van der Waals surface area contributed by atoms with Crippen LogP contribution in [0.3, 0.4) is 0 Å². The van der Waals surface area contributed by atoms with Gasteiger partial charge in [0.15, 0.2) is 5.78 Å². The lowest BCUT2D eigenvalue weighted by atomic mass is 9.45. The summed E-state index contributed by atoms with van der Waals surface area (Å²) in [4.78, 5) is 24.1. The summed E-state index contributed by atoms with van der Waals surface area (Å²) >= 11 is 0. The smallest absolute Gasteiger partial charge is 0.161 e. The quantitative estimate of drug-likeness (QED) is 0.676. The molecule has 2 heteroatoms. The van der Waals surface area contributed by atoms with Crippen LogP contribution in [0.25, 0.3) is 0 Å². The minimum absolute atomic E-state index is 0.116. The minimum Gasteiger partial charge on any atom is -0.300 e. The number of Topliss-reactive ketones (excluding diaryl/α,β-unsaturated/α-hetero) is 1. The van der Waals surface area contributed by atoms with E-state index in [9.17, 15) is 9.59 Å². The van der Waals surface area contributed by atoms with Gasteiger partial charge in [-0.3, -0.25) is 9.59 Å². The molecule has 6 atom stereocenters. The Morgan fingerprint density at radius 3 is 2.71 bits per heavy atom. The van der Waals surface area contributed by atoms with E-state index in [1.54, 1.807) is 0 Å². The second kappa shape index (κ2) is 4.30. The normalized spacial score (nSPS) is 52.3. The fourth-order valence-corrected chi connectivity index (χ4v) is 6.32. The second-order valence-corrected chi connectivity index (χ2v) is 8.50. The third kappa shape index (κ3) is 1.71. The molecule has 0 bridgehead atoms. The third-order valence-corrected chi connectivity index (χ3v) is 7.75. The Morgan fingerprint density at radius 2 is 1.90 bits per heavy atom. The van der Waals surface area contributed by atoms with Gasteiger partial charge >= 0.3 is 0 Å². The van der Waals surface area contributed by atoms with Crippen molar-refractivity contribution in [1.82, 2.24) is 0 Å². The van der Waals surface area contributed by atoms with Crippen LogP contribution in [-0.4, -0.2) is 11.6 Å². The fourth-order valence-electron chi connectivity index (χ4n) is 6.32. The van der Waals surface area contributed by atoms with Crippen molar-refractivity contribution in [3.05, 3.63) is 12.2 Å². The first kappa shape index (κ1) is 13.7. The SMILES string of the molecule is C[C@@]12CCC(=O)C[C@@H]1CC[C@H]1[C@H]2CC[C@]2(C)C(=O)C=C[C@@H]12. The highest BCUT2D eigenvalue weighted by molar-refractivity contribution is 5.97. The predicted molar refractivity (Wildman–Crippen MR) is 81.6 cm³/mol. The molecule has 0 radical (unpaired) electrons. The summed E-state index contributed by atoms with van der Waals surface area (Å²) in [6, 6.07) is 0. The van der Waals surface area contributed by atoms with E-state index < -0.39 is 0 Å². The van der Waals surface area contributed by atoms with Crippen molar-refractivity contribution in [2.45, 2.75) is 58.8 Å². The molecule has 0 unspecified atom stereocenters. The zero-order valence-corrected chi connectivity index (χ0v) is 13.2. The number of allylic oxidation sites excluding steroid dienone is 2. The van der Waals surface area contributed by atoms with Gasteiger partial charge in [-0.25, -0.2) is 0 Å². The number of carbonyl (C=O) groups is 2. The molecule has 0 amide bonds. The van der Waals surface area contributed by atoms with Crippen molar-refractivity contribution in [1.29, 1.82) is 0 Å². The maximum atomic E-state index is 12.3. The lowest BCUT2D eigenvalue weighted by molar-refractivity contribution is -0.142. The van der Waals surface area contributed by atoms with Gasteiger partial charge in [-0.05, 0) is 67.3 Å². The molecular weight excluding hydrogens is 260 g/mol. The molecule has 2 nitrogen and oxygen atoms in total. The Kier molecular flexibility index (Phi) is 2.81. The number of carbonyl (C=O) groups excluding carboxylic acids is 2. The van der Waals surface area contributed by atoms with E-state index in [1.165, 1.54) is 19.3 Å². The predicted octanol–water partition coefficient (Wildman–Crippen LogP) is 3.94. The Hall–Kier alpha value is -0.920. The van der Waals surface area contributed by atoms with Crippen LogP contribution in [0.5, 0.6) is 0 Å². The van der Waals surface area contributed by atoms with Crippen LogP contribution in [0, 0.1) is 34.5 Å². The van der Waals surface area contributed by atoms with Gasteiger partial charge in [0.2, 0.25) is 0 Å². The molecule has 21 heavy (non-hydrogen) atoms. The number of hydrogen-bond donors (Lipinski definition) is 0. The summed E-state index contributed by atoms with van der Waals surface area (Å²) in [5, 5.41) is 0. The van der Waals surface area contributed by atoms with Crippen molar-refractivity contribution >= 4 is 11.6 Å². The zero-order valence-electron chi connectivity index (χ0n) is 13.2. The Morgan fingerprint density at radius 1 is 1.10 bits per heavy atom. The molecule has 0 aliphatic heterocycles. The average molecular weight is 286 g/mol. The molecule has 114 valence electrons. The van der Waals surface area contributed by atoms with Gasteiger partial charge in [0.25, 0.3) is 0 Å². The van der Waals surface area contributed by atoms with Crippen molar-refractivity contribution in [3.8, 4) is 0 Å². The molecule has 0 aromatic carbocycles. The largest absolute Gasteiger partial charge is 0.300 e. The van der Waals surface area contributed by atoms with E-state index in [1.807, 2.05) is 6.08 Å². The first-order valence-electron chi connectivity index (χ1n) is 8.69. The van der Waals surface area contributed by atoms with E-state index >= 15 is 0 Å². The summed E-state index contributed by atoms with van der Waals surface area (Å²) < 4.78 is 0. The molecule has 4 aliphatic carbocycles. The maximum absolute atomic E-state index is 12.3. The number of hydrogen-bond acceptors (Lipinski definition) is 2. The van der Waals surface area contributed by atoms with Crippen LogP contribution < -0.4 is 0 Å². The van der Waals surface area contributed by atoms with E-state index in [0.29, 0.717) is 34.7 Å². The monoisotopic (exact) mass is 286 g/mol. The van der Waals surface area contributed by atoms with Crippen LogP contribution in [0.15, 0.2) is 12.2 Å². The number of ketones is 2. The first-order valence-corrected chi connectivity index (χ1v) is 8.69. The van der Waals surface area contributed by atoms with Crippen LogP contribution in [0.4, 0.5) is 0 Å². The Balaban J connectivity index is 1.67. The van der Waals surface area contributed by atoms with Gasteiger partial charge in [-0.1, -0.05) is 19.9 Å². The molecule has 0 saturated heterocycles. The van der Waals surface area contributed by atoms with Crippen LogP contribution in [0.1, 0.15) is 58.8 Å². The van der Waals surface area contributed by atoms with Gasteiger partial charge in [-0.15, -0.1) is 0 Å². The summed E-state index contributed by atoms with van der Waals surface area (Å²) in [7, 11) is 0. The van der Waals surface area contributed by atoms with Gasteiger partial charge in [0.1, 0.15) is 5.78 Å². The molecule has 0 spiro atoms. The molecule has 0 heterocycles. The van der Waals surface area contributed by atoms with Gasteiger partial charge in [-0.2, -0.15) is 0 Å². The van der Waals surface area contributed by atoms with Crippen molar-refractivity contribution in [2.75, 3.05) is 0 Å². The Labute approximate surface area is 127 Å². The number of rotatable bonds is 0. The van der Waals surface area contributed by atoms with Crippen LogP contribution >= 0.6 is 0 Å². The second-order valence-electron chi connectivity index (χ2n) is 8.50. The van der Waals surface area contributed by atoms with E-state index in [-0.39, 0.29) is 5.41 Å². The maximum Gasteiger partial charge on any atom is 0.161 e. The first-order chi connectivity index (χ1) is 9.95. The van der Waals surface area contributed by atoms with E-state index in [4.69, 9.17) is 0 Å². The van der Waals surface area contributed by atoms with Crippen LogP contribution in [0.2, 0.25) is 0 Å². The Bertz CT molecular complexity index is 534. The average Bonchev–Trinajstić information content (AvgIpc) is 2.76. The third-order valence-electron chi connectivity index (χ3n) is 7.75. The molecule has 4 rings (SSSR count). The summed E-state index contributed by atoms with van der Waals surface area (Å²) in [6.07, 6.45) is 11.4. The zero-order chi connectivity index (χ0) is 14.8. The highest BCUT2D eigenvalue weighted by atomic mass is 16.1. The lowest BCUT2D eigenvalue weighted by Gasteiger charge is -2.59. The molecule has 3 fully saturated rings. The lowest BCUT2D eigenvalue weighted by Crippen LogP contribution is -2.53. The van der Waals surface area contributed by atoms with Crippen molar-refractivity contribution in [3.63, 3.8) is 0 Å². The fraction of sp³-hybridized carbons (Fsp3) is 0.789. The molecule has 4 aliphatic rings. The molecule has 0 aromatic heterocycles. The minimum atomic E-state index is -0.116. The highest BCUT2D eigenvalue weighted by Crippen LogP contribution is 2.63. The number of fused-ring (bicyclic) bond motifs is 5. The topological polar surface area (TPSA) is 34.1 Å². The summed E-state index contributed by atoms with van der Waals surface area (Å²) in [5.41, 5.74) is 0.229. The van der Waals surface area contributed by atoms with Crippen molar-refractivity contribution < 1.29 is 9.59 Å². The van der Waals surface area contributed by atoms with Gasteiger partial charge in [0.05, 0.1) is 0 Å². The van der Waals surface area contributed by atoms with Gasteiger partial charge in [0, 0.05) is 18.3 Å². The summed E-state index contributed by atoms with van der Waals surface area (Å²) in [5.74, 6) is 3.29. The summed E-state index contributed by atoms with van der Waals surface area (Å²) in [6.45, 7) is 4.64. The molecule has 3 saturated carbocycles. The van der Waals surface area contributed by atoms with Crippen molar-refractivity contribution in [2.24, 2.45) is 34.5 Å².